The lowest BCUT2D eigenvalue weighted by molar-refractivity contribution is -0.130. The van der Waals surface area contributed by atoms with Crippen molar-refractivity contribution in [2.45, 2.75) is 13.3 Å². The Morgan fingerprint density at radius 3 is 2.38 bits per heavy atom. The first-order chi connectivity index (χ1) is 12.7. The number of H-pyrrole nitrogens is 1. The molecule has 2 aromatic carbocycles. The molecule has 0 bridgehead atoms. The molecule has 3 aromatic rings. The fourth-order valence-electron chi connectivity index (χ4n) is 3.87. The first-order valence-corrected chi connectivity index (χ1v) is 9.35. The van der Waals surface area contributed by atoms with E-state index in [9.17, 15) is 4.79 Å². The van der Waals surface area contributed by atoms with Crippen molar-refractivity contribution < 1.29 is 4.79 Å². The molecule has 26 heavy (non-hydrogen) atoms. The molecule has 0 radical (unpaired) electrons. The van der Waals surface area contributed by atoms with Crippen molar-refractivity contribution in [2.24, 2.45) is 0 Å². The molecule has 1 aromatic heterocycles. The number of carbonyl (C=O) groups is 1. The summed E-state index contributed by atoms with van der Waals surface area (Å²) in [5.41, 5.74) is 5.05. The van der Waals surface area contributed by atoms with E-state index in [1.807, 2.05) is 4.90 Å². The summed E-state index contributed by atoms with van der Waals surface area (Å²) in [6, 6.07) is 19.1. The maximum Gasteiger partial charge on any atom is 0.219 e. The van der Waals surface area contributed by atoms with Crippen LogP contribution in [0, 0.1) is 0 Å². The number of benzene rings is 2. The summed E-state index contributed by atoms with van der Waals surface area (Å²) in [6.45, 7) is 6.29. The van der Waals surface area contributed by atoms with E-state index in [0.29, 0.717) is 0 Å². The lowest BCUT2D eigenvalue weighted by Gasteiger charge is -2.34. The second kappa shape index (κ2) is 7.34. The molecule has 2 heterocycles. The van der Waals surface area contributed by atoms with Crippen LogP contribution in [0.15, 0.2) is 54.6 Å². The van der Waals surface area contributed by atoms with Crippen molar-refractivity contribution >= 4 is 16.8 Å². The summed E-state index contributed by atoms with van der Waals surface area (Å²) in [5.74, 6) is 0.188. The van der Waals surface area contributed by atoms with E-state index < -0.39 is 0 Å². The fraction of sp³-hybridized carbons (Fsp3) is 0.318. The third-order valence-electron chi connectivity index (χ3n) is 5.37. The van der Waals surface area contributed by atoms with Crippen molar-refractivity contribution in [1.82, 2.24) is 14.8 Å². The number of rotatable bonds is 4. The second-order valence-corrected chi connectivity index (χ2v) is 6.99. The van der Waals surface area contributed by atoms with E-state index in [4.69, 9.17) is 0 Å². The first-order valence-electron chi connectivity index (χ1n) is 9.35. The van der Waals surface area contributed by atoms with Gasteiger partial charge in [-0.05, 0) is 23.6 Å². The van der Waals surface area contributed by atoms with Gasteiger partial charge in [0.25, 0.3) is 0 Å². The lowest BCUT2D eigenvalue weighted by atomic mass is 10.0. The Labute approximate surface area is 154 Å². The predicted molar refractivity (Wildman–Crippen MR) is 106 cm³/mol. The van der Waals surface area contributed by atoms with Gasteiger partial charge in [0.2, 0.25) is 5.91 Å². The van der Waals surface area contributed by atoms with Crippen molar-refractivity contribution in [2.75, 3.05) is 32.7 Å². The summed E-state index contributed by atoms with van der Waals surface area (Å²) in [6.07, 6.45) is 1.01. The molecule has 0 saturated carbocycles. The average molecular weight is 347 g/mol. The number of carbonyl (C=O) groups excluding carboxylic acids is 1. The van der Waals surface area contributed by atoms with Gasteiger partial charge in [-0.2, -0.15) is 0 Å². The second-order valence-electron chi connectivity index (χ2n) is 6.99. The number of para-hydroxylation sites is 1. The highest BCUT2D eigenvalue weighted by Crippen LogP contribution is 2.30. The quantitative estimate of drug-likeness (QED) is 0.784. The van der Waals surface area contributed by atoms with E-state index in [2.05, 4.69) is 64.5 Å². The zero-order chi connectivity index (χ0) is 17.9. The third-order valence-corrected chi connectivity index (χ3v) is 5.37. The molecule has 1 aliphatic rings. The highest BCUT2D eigenvalue weighted by Gasteiger charge is 2.19. The monoisotopic (exact) mass is 347 g/mol. The molecule has 1 amide bonds. The Morgan fingerprint density at radius 1 is 0.962 bits per heavy atom. The zero-order valence-electron chi connectivity index (χ0n) is 15.2. The van der Waals surface area contributed by atoms with Gasteiger partial charge >= 0.3 is 0 Å². The number of aromatic nitrogens is 1. The van der Waals surface area contributed by atoms with Gasteiger partial charge in [-0.15, -0.1) is 0 Å². The first kappa shape index (κ1) is 16.9. The maximum absolute atomic E-state index is 11.5. The van der Waals surface area contributed by atoms with E-state index in [0.717, 1.165) is 39.1 Å². The van der Waals surface area contributed by atoms with Crippen LogP contribution in [0.25, 0.3) is 22.2 Å². The fourth-order valence-corrected chi connectivity index (χ4v) is 3.87. The van der Waals surface area contributed by atoms with Crippen molar-refractivity contribution in [3.05, 3.63) is 60.2 Å². The summed E-state index contributed by atoms with van der Waals surface area (Å²) < 4.78 is 0. The Balaban J connectivity index is 1.55. The molecule has 0 unspecified atom stereocenters. The minimum absolute atomic E-state index is 0.188. The Bertz CT molecular complexity index is 892. The van der Waals surface area contributed by atoms with E-state index in [-0.39, 0.29) is 5.91 Å². The average Bonchev–Trinajstić information content (AvgIpc) is 3.06. The minimum atomic E-state index is 0.188. The summed E-state index contributed by atoms with van der Waals surface area (Å²) in [7, 11) is 0. The van der Waals surface area contributed by atoms with Crippen molar-refractivity contribution in [1.29, 1.82) is 0 Å². The van der Waals surface area contributed by atoms with Crippen LogP contribution in [0.1, 0.15) is 12.5 Å². The Hall–Kier alpha value is -2.59. The topological polar surface area (TPSA) is 39.3 Å². The highest BCUT2D eigenvalue weighted by molar-refractivity contribution is 5.90. The SMILES string of the molecule is CC(=O)N1CCN(CCc2c(-c3ccccc3)[nH]c3ccccc23)CC1. The van der Waals surface area contributed by atoms with Crippen LogP contribution in [0.4, 0.5) is 0 Å². The Kier molecular flexibility index (Phi) is 4.76. The molecule has 0 aliphatic carbocycles. The molecule has 4 heteroatoms. The number of hydrogen-bond acceptors (Lipinski definition) is 2. The largest absolute Gasteiger partial charge is 0.354 e. The van der Waals surface area contributed by atoms with Crippen LogP contribution in [0.3, 0.4) is 0 Å². The molecular formula is C22H25N3O. The van der Waals surface area contributed by atoms with Crippen LogP contribution < -0.4 is 0 Å². The van der Waals surface area contributed by atoms with Gasteiger partial charge in [-0.25, -0.2) is 0 Å². The highest BCUT2D eigenvalue weighted by atomic mass is 16.2. The zero-order valence-corrected chi connectivity index (χ0v) is 15.2. The summed E-state index contributed by atoms with van der Waals surface area (Å²) in [5, 5.41) is 1.31. The van der Waals surface area contributed by atoms with E-state index >= 15 is 0 Å². The van der Waals surface area contributed by atoms with Gasteiger partial charge in [-0.1, -0.05) is 48.5 Å². The van der Waals surface area contributed by atoms with Crippen LogP contribution in [0.5, 0.6) is 0 Å². The molecule has 1 N–H and O–H groups in total. The molecule has 1 saturated heterocycles. The maximum atomic E-state index is 11.5. The number of hydrogen-bond donors (Lipinski definition) is 1. The molecular weight excluding hydrogens is 322 g/mol. The predicted octanol–water partition coefficient (Wildman–Crippen LogP) is 3.54. The van der Waals surface area contributed by atoms with Gasteiger partial charge < -0.3 is 9.88 Å². The number of fused-ring (bicyclic) bond motifs is 1. The van der Waals surface area contributed by atoms with E-state index in [1.54, 1.807) is 6.92 Å². The standard InChI is InChI=1S/C22H25N3O/c1-17(26)25-15-13-24(14-16-25)12-11-20-19-9-5-6-10-21(19)23-22(20)18-7-3-2-4-8-18/h2-10,23H,11-16H2,1H3. The van der Waals surface area contributed by atoms with Gasteiger partial charge in [0.1, 0.15) is 0 Å². The number of nitrogens with zero attached hydrogens (tertiary/aromatic N) is 2. The van der Waals surface area contributed by atoms with E-state index in [1.165, 1.54) is 27.7 Å². The normalized spacial score (nSPS) is 15.5. The van der Waals surface area contributed by atoms with Crippen molar-refractivity contribution in [3.63, 3.8) is 0 Å². The van der Waals surface area contributed by atoms with Crippen LogP contribution in [0.2, 0.25) is 0 Å². The third kappa shape index (κ3) is 3.37. The number of aromatic amines is 1. The Morgan fingerprint density at radius 2 is 1.65 bits per heavy atom. The smallest absolute Gasteiger partial charge is 0.219 e. The summed E-state index contributed by atoms with van der Waals surface area (Å²) in [4.78, 5) is 19.5. The number of piperazine rings is 1. The minimum Gasteiger partial charge on any atom is -0.354 e. The number of amides is 1. The van der Waals surface area contributed by atoms with Crippen molar-refractivity contribution in [3.8, 4) is 11.3 Å². The molecule has 1 aliphatic heterocycles. The molecule has 1 fully saturated rings. The molecule has 134 valence electrons. The van der Waals surface area contributed by atoms with Gasteiger partial charge in [0, 0.05) is 56.2 Å². The van der Waals surface area contributed by atoms with Crippen LogP contribution in [-0.4, -0.2) is 53.4 Å². The van der Waals surface area contributed by atoms with Gasteiger partial charge in [0.05, 0.1) is 0 Å². The molecule has 0 spiro atoms. The molecule has 4 nitrogen and oxygen atoms in total. The molecule has 0 atom stereocenters. The van der Waals surface area contributed by atoms with Gasteiger partial charge in [0.15, 0.2) is 0 Å². The number of nitrogens with one attached hydrogen (secondary N) is 1. The van der Waals surface area contributed by atoms with Crippen LogP contribution in [-0.2, 0) is 11.2 Å². The van der Waals surface area contributed by atoms with Crippen LogP contribution >= 0.6 is 0 Å². The molecule has 4 rings (SSSR count). The lowest BCUT2D eigenvalue weighted by Crippen LogP contribution is -2.48. The van der Waals surface area contributed by atoms with Gasteiger partial charge in [-0.3, -0.25) is 9.69 Å². The summed E-state index contributed by atoms with van der Waals surface area (Å²) >= 11 is 0.